The summed E-state index contributed by atoms with van der Waals surface area (Å²) in [6.45, 7) is 18.8. The molecule has 2 aliphatic heterocycles. The van der Waals surface area contributed by atoms with Crippen LogP contribution in [0.3, 0.4) is 0 Å². The fraction of sp³-hybridized carbons (Fsp3) is 0.614. The molecule has 1 aliphatic carbocycles. The molecule has 3 heterocycles. The Morgan fingerprint density at radius 3 is 2.38 bits per heavy atom. The number of rotatable bonds is 9. The number of H-pyrrole nitrogens is 1. The van der Waals surface area contributed by atoms with Gasteiger partial charge in [-0.3, -0.25) is 9.79 Å². The van der Waals surface area contributed by atoms with E-state index in [-0.39, 0.29) is 44.3 Å². The van der Waals surface area contributed by atoms with Gasteiger partial charge in [0.25, 0.3) is 5.56 Å². The third-order valence-corrected chi connectivity index (χ3v) is 9.85. The number of nitrogens with zero attached hydrogens (tertiary/aromatic N) is 4. The van der Waals surface area contributed by atoms with Gasteiger partial charge in [-0.25, -0.2) is 4.98 Å². The van der Waals surface area contributed by atoms with Crippen LogP contribution in [0.15, 0.2) is 88.5 Å². The molecular formula is C44H73N7OY-2. The van der Waals surface area contributed by atoms with Crippen molar-refractivity contribution in [1.29, 1.82) is 0 Å². The summed E-state index contributed by atoms with van der Waals surface area (Å²) >= 11 is 0. The van der Waals surface area contributed by atoms with E-state index in [1.165, 1.54) is 63.0 Å². The van der Waals surface area contributed by atoms with Gasteiger partial charge in [0.1, 0.15) is 0 Å². The molecule has 0 amide bonds. The van der Waals surface area contributed by atoms with Gasteiger partial charge in [-0.15, -0.1) is 25.7 Å². The summed E-state index contributed by atoms with van der Waals surface area (Å²) in [5, 5.41) is 12.6. The van der Waals surface area contributed by atoms with Gasteiger partial charge >= 0.3 is 0 Å². The normalized spacial score (nSPS) is 21.2. The molecule has 3 atom stereocenters. The molecule has 3 aliphatic rings. The molecule has 5 rings (SSSR count). The van der Waals surface area contributed by atoms with Crippen molar-refractivity contribution in [2.24, 2.45) is 22.1 Å². The zero-order valence-corrected chi connectivity index (χ0v) is 37.5. The Morgan fingerprint density at radius 1 is 1.04 bits per heavy atom. The summed E-state index contributed by atoms with van der Waals surface area (Å²) in [6.07, 6.45) is 25.6. The molecule has 2 saturated heterocycles. The summed E-state index contributed by atoms with van der Waals surface area (Å²) < 4.78 is 0. The van der Waals surface area contributed by atoms with Crippen LogP contribution in [0, 0.1) is 11.3 Å². The van der Waals surface area contributed by atoms with E-state index in [0.717, 1.165) is 69.1 Å². The third kappa shape index (κ3) is 20.3. The van der Waals surface area contributed by atoms with Crippen molar-refractivity contribution in [2.75, 3.05) is 33.2 Å². The van der Waals surface area contributed by atoms with Crippen LogP contribution in [0.25, 0.3) is 21.9 Å². The smallest absolute Gasteiger partial charge is 0.251 e. The maximum absolute atomic E-state index is 11.0. The van der Waals surface area contributed by atoms with Crippen LogP contribution in [0.1, 0.15) is 119 Å². The fourth-order valence-corrected chi connectivity index (χ4v) is 6.90. The molecule has 1 aromatic heterocycles. The molecule has 1 aromatic carbocycles. The molecule has 9 heteroatoms. The van der Waals surface area contributed by atoms with Gasteiger partial charge in [0, 0.05) is 50.8 Å². The van der Waals surface area contributed by atoms with E-state index in [2.05, 4.69) is 58.8 Å². The predicted octanol–water partition coefficient (Wildman–Crippen LogP) is 10.6. The Kier molecular flexibility index (Phi) is 30.7. The molecule has 295 valence electrons. The number of amidine groups is 1. The summed E-state index contributed by atoms with van der Waals surface area (Å²) in [6, 6.07) is 11.6. The summed E-state index contributed by atoms with van der Waals surface area (Å²) in [5.74, 6) is 1.73. The van der Waals surface area contributed by atoms with E-state index in [9.17, 15) is 4.79 Å². The van der Waals surface area contributed by atoms with Crippen molar-refractivity contribution in [1.82, 2.24) is 15.3 Å². The number of aromatic nitrogens is 2. The number of hydrogen-bond donors (Lipinski definition) is 3. The molecule has 2 unspecified atom stereocenters. The predicted molar refractivity (Wildman–Crippen MR) is 228 cm³/mol. The van der Waals surface area contributed by atoms with E-state index in [4.69, 9.17) is 16.0 Å². The maximum Gasteiger partial charge on any atom is 0.251 e. The number of nitrogens with two attached hydrogens (primary N) is 1. The SMILES string of the molecule is CC.CC.C[C@H]1CC[N-]CC12CCCCC2.C\C=C/C=C\C(=C/C)C1CC(N=C(N)CCCNC)CCC[N-]1.O=c1cc(-c2ccccc2)nc[nH]1.[Y]. The van der Waals surface area contributed by atoms with Crippen molar-refractivity contribution in [3.8, 4) is 11.3 Å². The molecule has 53 heavy (non-hydrogen) atoms. The maximum atomic E-state index is 11.0. The zero-order valence-electron chi connectivity index (χ0n) is 34.6. The van der Waals surface area contributed by atoms with Gasteiger partial charge in [0.15, 0.2) is 0 Å². The van der Waals surface area contributed by atoms with Crippen LogP contribution >= 0.6 is 0 Å². The Morgan fingerprint density at radius 2 is 1.75 bits per heavy atom. The van der Waals surface area contributed by atoms with E-state index >= 15 is 0 Å². The van der Waals surface area contributed by atoms with Crippen LogP contribution in [-0.2, 0) is 32.7 Å². The van der Waals surface area contributed by atoms with Gasteiger partial charge in [-0.05, 0) is 70.9 Å². The van der Waals surface area contributed by atoms with E-state index in [1.807, 2.05) is 78.1 Å². The topological polar surface area (TPSA) is 124 Å². The summed E-state index contributed by atoms with van der Waals surface area (Å²) in [5.41, 5.74) is 9.55. The van der Waals surface area contributed by atoms with Gasteiger partial charge in [-0.2, -0.15) is 0 Å². The number of aromatic amines is 1. The number of piperidine rings is 1. The number of hydrogen-bond acceptors (Lipinski definition) is 4. The molecule has 0 bridgehead atoms. The molecule has 1 spiro atoms. The Labute approximate surface area is 349 Å². The molecule has 1 radical (unpaired) electrons. The molecular weight excluding hydrogens is 731 g/mol. The number of aliphatic imine (C=N–C) groups is 1. The number of nitrogens with one attached hydrogen (secondary N) is 2. The summed E-state index contributed by atoms with van der Waals surface area (Å²) in [4.78, 5) is 22.3. The third-order valence-electron chi connectivity index (χ3n) is 9.85. The molecule has 1 saturated carbocycles. The number of benzene rings is 1. The van der Waals surface area contributed by atoms with E-state index in [0.29, 0.717) is 17.2 Å². The van der Waals surface area contributed by atoms with Gasteiger partial charge in [0.2, 0.25) is 0 Å². The van der Waals surface area contributed by atoms with Crippen LogP contribution in [0.4, 0.5) is 0 Å². The second kappa shape index (κ2) is 32.1. The van der Waals surface area contributed by atoms with Crippen LogP contribution in [0.2, 0.25) is 0 Å². The monoisotopic (exact) mass is 804 g/mol. The van der Waals surface area contributed by atoms with Gasteiger partial charge < -0.3 is 26.7 Å². The van der Waals surface area contributed by atoms with Gasteiger partial charge in [0.05, 0.1) is 23.9 Å². The van der Waals surface area contributed by atoms with Crippen LogP contribution in [-0.4, -0.2) is 61.1 Å². The molecule has 4 N–H and O–H groups in total. The van der Waals surface area contributed by atoms with Crippen molar-refractivity contribution >= 4 is 5.84 Å². The fourth-order valence-electron chi connectivity index (χ4n) is 6.90. The number of allylic oxidation sites excluding steroid dienone is 4. The first-order valence-electron chi connectivity index (χ1n) is 20.2. The molecule has 2 aromatic rings. The average molecular weight is 805 g/mol. The Balaban J connectivity index is 0.000000766. The first-order chi connectivity index (χ1) is 25.4. The minimum Gasteiger partial charge on any atom is -0.662 e. The van der Waals surface area contributed by atoms with Crippen molar-refractivity contribution < 1.29 is 32.7 Å². The first-order valence-corrected chi connectivity index (χ1v) is 20.2. The second-order valence-corrected chi connectivity index (χ2v) is 13.3. The van der Waals surface area contributed by atoms with E-state index < -0.39 is 0 Å². The standard InChI is InChI=1S/C19H33N4.C11H20N.C10H8N2O.2C2H6.Y/c1-4-6-7-10-16(5-2)18-15-17(11-8-14-22-18)23-19(20)12-9-13-21-3;1-10-5-8-12-9-11(10)6-3-2-4-7-11;13-10-6-9(11-7-12-10)8-4-2-1-3-5-8;2*1-2;/h4-7,10,17-18,21H,8-9,11-15H2,1-3H3,(H2,20,23);10H,2-9H2,1H3;1-7H,(H,11,12,13);2*1-2H3;/q2*-1;;;;/b6-4-,10-7-,16-5+;;;;;/t;10-;;;;/m.0..../s1. The first kappa shape index (κ1) is 50.8. The minimum absolute atomic E-state index is 0. The van der Waals surface area contributed by atoms with Crippen molar-refractivity contribution in [2.45, 2.75) is 131 Å². The van der Waals surface area contributed by atoms with Crippen LogP contribution in [0.5, 0.6) is 0 Å². The Bertz CT molecular complexity index is 1340. The second-order valence-electron chi connectivity index (χ2n) is 13.3. The Hall–Kier alpha value is -2.23. The minimum atomic E-state index is -0.131. The van der Waals surface area contributed by atoms with Crippen molar-refractivity contribution in [3.63, 3.8) is 0 Å². The average Bonchev–Trinajstić information content (AvgIpc) is 3.43. The summed E-state index contributed by atoms with van der Waals surface area (Å²) in [7, 11) is 1.96. The molecule has 3 fully saturated rings. The van der Waals surface area contributed by atoms with E-state index in [1.54, 1.807) is 0 Å². The quantitative estimate of drug-likeness (QED) is 0.101. The van der Waals surface area contributed by atoms with Gasteiger partial charge in [-0.1, -0.05) is 133 Å². The largest absolute Gasteiger partial charge is 0.662 e. The van der Waals surface area contributed by atoms with Crippen LogP contribution < -0.4 is 16.6 Å². The molecule has 8 nitrogen and oxygen atoms in total. The zero-order chi connectivity index (χ0) is 38.5. The van der Waals surface area contributed by atoms with Crippen molar-refractivity contribution in [3.05, 3.63) is 99.7 Å².